The van der Waals surface area contributed by atoms with Crippen LogP contribution in [0, 0.1) is 10.1 Å². The molecule has 0 aliphatic carbocycles. The number of nitro groups is 1. The number of para-hydroxylation sites is 1. The van der Waals surface area contributed by atoms with Crippen molar-refractivity contribution < 1.29 is 13.3 Å². The van der Waals surface area contributed by atoms with Gasteiger partial charge in [-0.05, 0) is 39.3 Å². The first-order valence-electron chi connectivity index (χ1n) is 6.64. The maximum atomic E-state index is 12.4. The minimum atomic E-state index is -3.97. The zero-order valence-electron chi connectivity index (χ0n) is 12.6. The van der Waals surface area contributed by atoms with Gasteiger partial charge in [-0.15, -0.1) is 0 Å². The second-order valence-corrected chi connectivity index (χ2v) is 7.34. The first kappa shape index (κ1) is 17.4. The molecule has 1 rings (SSSR count). The summed E-state index contributed by atoms with van der Waals surface area (Å²) in [5.74, 6) is 0. The van der Waals surface area contributed by atoms with Crippen LogP contribution in [0.15, 0.2) is 23.1 Å². The second-order valence-electron chi connectivity index (χ2n) is 5.69. The van der Waals surface area contributed by atoms with Crippen molar-refractivity contribution in [1.82, 2.24) is 4.72 Å². The summed E-state index contributed by atoms with van der Waals surface area (Å²) in [6.45, 7) is 7.47. The third kappa shape index (κ3) is 4.68. The average molecular weight is 315 g/mol. The summed E-state index contributed by atoms with van der Waals surface area (Å²) in [7, 11) is -3.97. The third-order valence-electron chi connectivity index (χ3n) is 2.48. The monoisotopic (exact) mass is 315 g/mol. The topological polar surface area (TPSA) is 101 Å². The number of hydrogen-bond acceptors (Lipinski definition) is 5. The van der Waals surface area contributed by atoms with Gasteiger partial charge >= 0.3 is 5.69 Å². The van der Waals surface area contributed by atoms with Crippen molar-refractivity contribution in [2.75, 3.05) is 11.9 Å². The van der Waals surface area contributed by atoms with E-state index in [1.807, 2.05) is 6.92 Å². The molecule has 0 unspecified atom stereocenters. The van der Waals surface area contributed by atoms with E-state index in [0.717, 1.165) is 6.42 Å². The van der Waals surface area contributed by atoms with Crippen molar-refractivity contribution in [3.63, 3.8) is 0 Å². The molecule has 1 aromatic carbocycles. The molecule has 0 heterocycles. The molecule has 0 spiro atoms. The Bertz CT molecular complexity index is 621. The van der Waals surface area contributed by atoms with E-state index in [4.69, 9.17) is 0 Å². The molecule has 21 heavy (non-hydrogen) atoms. The van der Waals surface area contributed by atoms with Gasteiger partial charge in [0.2, 0.25) is 10.0 Å². The number of anilines is 1. The number of rotatable bonds is 6. The van der Waals surface area contributed by atoms with Gasteiger partial charge in [0.15, 0.2) is 4.90 Å². The van der Waals surface area contributed by atoms with Gasteiger partial charge in [0, 0.05) is 12.1 Å². The molecule has 0 saturated carbocycles. The van der Waals surface area contributed by atoms with E-state index in [9.17, 15) is 18.5 Å². The SMILES string of the molecule is CCCNc1cccc(S(=O)(=O)NC(C)(C)C)c1[N+](=O)[O-]. The fourth-order valence-electron chi connectivity index (χ4n) is 1.79. The van der Waals surface area contributed by atoms with Crippen LogP contribution >= 0.6 is 0 Å². The van der Waals surface area contributed by atoms with Crippen molar-refractivity contribution in [2.45, 2.75) is 44.6 Å². The highest BCUT2D eigenvalue weighted by Gasteiger charge is 2.31. The lowest BCUT2D eigenvalue weighted by Crippen LogP contribution is -2.40. The van der Waals surface area contributed by atoms with Crippen LogP contribution < -0.4 is 10.0 Å². The summed E-state index contributed by atoms with van der Waals surface area (Å²) >= 11 is 0. The Hall–Kier alpha value is -1.67. The quantitative estimate of drug-likeness (QED) is 0.620. The molecule has 0 atom stereocenters. The molecule has 0 radical (unpaired) electrons. The van der Waals surface area contributed by atoms with Gasteiger partial charge in [0.25, 0.3) is 0 Å². The van der Waals surface area contributed by atoms with Crippen LogP contribution in [0.2, 0.25) is 0 Å². The van der Waals surface area contributed by atoms with Crippen LogP contribution in [0.1, 0.15) is 34.1 Å². The van der Waals surface area contributed by atoms with E-state index in [1.54, 1.807) is 20.8 Å². The molecule has 118 valence electrons. The average Bonchev–Trinajstić information content (AvgIpc) is 2.32. The Morgan fingerprint density at radius 2 is 1.90 bits per heavy atom. The number of sulfonamides is 1. The van der Waals surface area contributed by atoms with Crippen molar-refractivity contribution in [2.24, 2.45) is 0 Å². The Balaban J connectivity index is 3.39. The molecule has 0 saturated heterocycles. The smallest absolute Gasteiger partial charge is 0.312 e. The van der Waals surface area contributed by atoms with Crippen LogP contribution in [0.5, 0.6) is 0 Å². The highest BCUT2D eigenvalue weighted by atomic mass is 32.2. The summed E-state index contributed by atoms with van der Waals surface area (Å²) in [6, 6.07) is 4.23. The highest BCUT2D eigenvalue weighted by molar-refractivity contribution is 7.89. The zero-order chi connectivity index (χ0) is 16.3. The molecule has 0 aromatic heterocycles. The predicted molar refractivity (Wildman–Crippen MR) is 82.0 cm³/mol. The lowest BCUT2D eigenvalue weighted by molar-refractivity contribution is -0.386. The van der Waals surface area contributed by atoms with E-state index >= 15 is 0 Å². The van der Waals surface area contributed by atoms with E-state index in [-0.39, 0.29) is 10.6 Å². The number of benzene rings is 1. The Morgan fingerprint density at radius 3 is 2.38 bits per heavy atom. The third-order valence-corrected chi connectivity index (χ3v) is 4.27. The second kappa shape index (κ2) is 6.40. The van der Waals surface area contributed by atoms with Gasteiger partial charge < -0.3 is 5.32 Å². The summed E-state index contributed by atoms with van der Waals surface area (Å²) < 4.78 is 27.1. The van der Waals surface area contributed by atoms with Gasteiger partial charge in [0.05, 0.1) is 4.92 Å². The van der Waals surface area contributed by atoms with Crippen molar-refractivity contribution in [3.05, 3.63) is 28.3 Å². The number of nitro benzene ring substituents is 1. The molecule has 7 nitrogen and oxygen atoms in total. The molecule has 0 aliphatic heterocycles. The maximum Gasteiger partial charge on any atom is 0.312 e. The number of hydrogen-bond donors (Lipinski definition) is 2. The summed E-state index contributed by atoms with van der Waals surface area (Å²) in [5.41, 5.74) is -0.944. The van der Waals surface area contributed by atoms with E-state index in [0.29, 0.717) is 6.54 Å². The molecule has 8 heteroatoms. The van der Waals surface area contributed by atoms with E-state index in [2.05, 4.69) is 10.0 Å². The minimum Gasteiger partial charge on any atom is -0.379 e. The molecule has 0 fully saturated rings. The van der Waals surface area contributed by atoms with Gasteiger partial charge in [-0.3, -0.25) is 10.1 Å². The normalized spacial score (nSPS) is 12.2. The van der Waals surface area contributed by atoms with Crippen LogP contribution in [0.3, 0.4) is 0 Å². The molecule has 0 amide bonds. The highest BCUT2D eigenvalue weighted by Crippen LogP contribution is 2.32. The standard InChI is InChI=1S/C13H21N3O4S/c1-5-9-14-10-7-6-8-11(12(10)16(17)18)21(19,20)15-13(2,3)4/h6-8,14-15H,5,9H2,1-4H3. The lowest BCUT2D eigenvalue weighted by atomic mass is 10.1. The summed E-state index contributed by atoms with van der Waals surface area (Å²) in [6.07, 6.45) is 0.772. The fraction of sp³-hybridized carbons (Fsp3) is 0.538. The van der Waals surface area contributed by atoms with Crippen molar-refractivity contribution in [3.8, 4) is 0 Å². The molecule has 0 bridgehead atoms. The fourth-order valence-corrected chi connectivity index (χ4v) is 3.40. The van der Waals surface area contributed by atoms with E-state index in [1.165, 1.54) is 18.2 Å². The van der Waals surface area contributed by atoms with Crippen molar-refractivity contribution in [1.29, 1.82) is 0 Å². The first-order valence-corrected chi connectivity index (χ1v) is 8.12. The first-order chi connectivity index (χ1) is 9.58. The maximum absolute atomic E-state index is 12.4. The number of nitrogens with zero attached hydrogens (tertiary/aromatic N) is 1. The van der Waals surface area contributed by atoms with Gasteiger partial charge in [-0.2, -0.15) is 0 Å². The van der Waals surface area contributed by atoms with Crippen LogP contribution in [-0.4, -0.2) is 25.4 Å². The molecule has 1 aromatic rings. The van der Waals surface area contributed by atoms with E-state index < -0.39 is 26.2 Å². The largest absolute Gasteiger partial charge is 0.379 e. The van der Waals surface area contributed by atoms with Crippen LogP contribution in [-0.2, 0) is 10.0 Å². The Kier molecular flexibility index (Phi) is 5.30. The lowest BCUT2D eigenvalue weighted by Gasteiger charge is -2.20. The van der Waals surface area contributed by atoms with Crippen LogP contribution in [0.4, 0.5) is 11.4 Å². The summed E-state index contributed by atoms with van der Waals surface area (Å²) in [4.78, 5) is 10.3. The van der Waals surface area contributed by atoms with Gasteiger partial charge in [-0.25, -0.2) is 13.1 Å². The predicted octanol–water partition coefficient (Wildman–Crippen LogP) is 2.49. The molecular weight excluding hydrogens is 294 g/mol. The van der Waals surface area contributed by atoms with Gasteiger partial charge in [0.1, 0.15) is 5.69 Å². The molecular formula is C13H21N3O4S. The Morgan fingerprint density at radius 1 is 1.29 bits per heavy atom. The Labute approximate surface area is 124 Å². The van der Waals surface area contributed by atoms with Crippen LogP contribution in [0.25, 0.3) is 0 Å². The molecule has 2 N–H and O–H groups in total. The summed E-state index contributed by atoms with van der Waals surface area (Å²) in [5, 5.41) is 14.2. The zero-order valence-corrected chi connectivity index (χ0v) is 13.5. The number of nitrogens with one attached hydrogen (secondary N) is 2. The van der Waals surface area contributed by atoms with Gasteiger partial charge in [-0.1, -0.05) is 13.0 Å². The minimum absolute atomic E-state index is 0.207. The van der Waals surface area contributed by atoms with Crippen molar-refractivity contribution >= 4 is 21.4 Å². The molecule has 0 aliphatic rings.